The zero-order valence-corrected chi connectivity index (χ0v) is 13.4. The van der Waals surface area contributed by atoms with Gasteiger partial charge in [-0.15, -0.1) is 0 Å². The number of amides is 1. The summed E-state index contributed by atoms with van der Waals surface area (Å²) >= 11 is 0. The maximum absolute atomic E-state index is 12.2. The van der Waals surface area contributed by atoms with E-state index in [0.717, 1.165) is 17.7 Å². The first-order valence-corrected chi connectivity index (χ1v) is 7.66. The van der Waals surface area contributed by atoms with E-state index in [9.17, 15) is 4.79 Å². The quantitative estimate of drug-likeness (QED) is 0.833. The zero-order chi connectivity index (χ0) is 15.9. The Balaban J connectivity index is 2.27. The average Bonchev–Trinajstić information content (AvgIpc) is 2.56. The summed E-state index contributed by atoms with van der Waals surface area (Å²) in [6.45, 7) is 5.73. The lowest BCUT2D eigenvalue weighted by Gasteiger charge is -2.24. The Morgan fingerprint density at radius 2 is 2.09 bits per heavy atom. The van der Waals surface area contributed by atoms with Gasteiger partial charge in [0.25, 0.3) is 0 Å². The molecule has 0 radical (unpaired) electrons. The van der Waals surface area contributed by atoms with E-state index < -0.39 is 0 Å². The Hall–Kier alpha value is -2.17. The van der Waals surface area contributed by atoms with Crippen LogP contribution in [0.2, 0.25) is 0 Å². The van der Waals surface area contributed by atoms with Crippen LogP contribution in [0.15, 0.2) is 30.0 Å². The molecule has 1 aliphatic heterocycles. The van der Waals surface area contributed by atoms with Gasteiger partial charge in [0.15, 0.2) is 11.5 Å². The van der Waals surface area contributed by atoms with Crippen molar-refractivity contribution in [2.24, 2.45) is 0 Å². The smallest absolute Gasteiger partial charge is 0.415 e. The molecule has 0 saturated heterocycles. The van der Waals surface area contributed by atoms with E-state index in [4.69, 9.17) is 14.2 Å². The molecule has 0 fully saturated rings. The number of hydrogen-bond donors (Lipinski definition) is 0. The van der Waals surface area contributed by atoms with Crippen LogP contribution in [0.5, 0.6) is 5.75 Å². The molecule has 1 aromatic carbocycles. The normalized spacial score (nSPS) is 14.3. The number of carbonyl (C=O) groups excluding carboxylic acids is 1. The maximum atomic E-state index is 12.2. The molecule has 0 atom stereocenters. The molecule has 0 aromatic heterocycles. The highest BCUT2D eigenvalue weighted by Crippen LogP contribution is 2.30. The maximum Gasteiger partial charge on any atom is 0.415 e. The molecule has 0 bridgehead atoms. The molecule has 5 nitrogen and oxygen atoms in total. The SMILES string of the molecule is CCN(CC)C(=O)OC1=C(c2cccc(OC)c2)OCCC1. The first-order chi connectivity index (χ1) is 10.7. The average molecular weight is 305 g/mol. The summed E-state index contributed by atoms with van der Waals surface area (Å²) in [4.78, 5) is 13.8. The molecule has 1 heterocycles. The van der Waals surface area contributed by atoms with Gasteiger partial charge in [-0.2, -0.15) is 0 Å². The summed E-state index contributed by atoms with van der Waals surface area (Å²) < 4.78 is 16.6. The molecule has 0 aliphatic carbocycles. The van der Waals surface area contributed by atoms with E-state index in [1.807, 2.05) is 38.1 Å². The van der Waals surface area contributed by atoms with Crippen molar-refractivity contribution in [3.63, 3.8) is 0 Å². The molecule has 1 aromatic rings. The molecular formula is C17H23NO4. The second-order valence-electron chi connectivity index (χ2n) is 4.98. The highest BCUT2D eigenvalue weighted by atomic mass is 16.6. The van der Waals surface area contributed by atoms with Crippen LogP contribution in [0.1, 0.15) is 32.3 Å². The summed E-state index contributed by atoms with van der Waals surface area (Å²) in [6.07, 6.45) is 1.21. The summed E-state index contributed by atoms with van der Waals surface area (Å²) in [6, 6.07) is 7.57. The minimum Gasteiger partial charge on any atom is -0.497 e. The van der Waals surface area contributed by atoms with Gasteiger partial charge in [-0.3, -0.25) is 0 Å². The van der Waals surface area contributed by atoms with Crippen LogP contribution in [0, 0.1) is 0 Å². The van der Waals surface area contributed by atoms with E-state index >= 15 is 0 Å². The van der Waals surface area contributed by atoms with Crippen LogP contribution in [-0.2, 0) is 9.47 Å². The third-order valence-electron chi connectivity index (χ3n) is 3.61. The van der Waals surface area contributed by atoms with Gasteiger partial charge in [-0.1, -0.05) is 12.1 Å². The van der Waals surface area contributed by atoms with Crippen molar-refractivity contribution in [3.05, 3.63) is 35.6 Å². The number of allylic oxidation sites excluding steroid dienone is 1. The zero-order valence-electron chi connectivity index (χ0n) is 13.4. The van der Waals surface area contributed by atoms with Gasteiger partial charge in [0, 0.05) is 25.1 Å². The first kappa shape index (κ1) is 16.2. The first-order valence-electron chi connectivity index (χ1n) is 7.66. The lowest BCUT2D eigenvalue weighted by Crippen LogP contribution is -2.31. The number of benzene rings is 1. The van der Waals surface area contributed by atoms with Gasteiger partial charge >= 0.3 is 6.09 Å². The predicted molar refractivity (Wildman–Crippen MR) is 84.5 cm³/mol. The van der Waals surface area contributed by atoms with Crippen LogP contribution in [0.3, 0.4) is 0 Å². The van der Waals surface area contributed by atoms with Gasteiger partial charge in [0.05, 0.1) is 13.7 Å². The van der Waals surface area contributed by atoms with E-state index in [1.54, 1.807) is 12.0 Å². The predicted octanol–water partition coefficient (Wildman–Crippen LogP) is 3.65. The minimum absolute atomic E-state index is 0.328. The van der Waals surface area contributed by atoms with Crippen molar-refractivity contribution in [1.29, 1.82) is 0 Å². The lowest BCUT2D eigenvalue weighted by atomic mass is 10.1. The molecular weight excluding hydrogens is 282 g/mol. The topological polar surface area (TPSA) is 48.0 Å². The van der Waals surface area contributed by atoms with Crippen LogP contribution >= 0.6 is 0 Å². The second-order valence-corrected chi connectivity index (χ2v) is 4.98. The molecule has 0 unspecified atom stereocenters. The summed E-state index contributed by atoms with van der Waals surface area (Å²) in [5.74, 6) is 1.97. The molecule has 0 saturated carbocycles. The molecule has 0 spiro atoms. The van der Waals surface area contributed by atoms with Gasteiger partial charge in [-0.05, 0) is 32.4 Å². The molecule has 1 aliphatic rings. The number of nitrogens with zero attached hydrogens (tertiary/aromatic N) is 1. The Kier molecular flexibility index (Phi) is 5.69. The van der Waals surface area contributed by atoms with E-state index in [2.05, 4.69) is 0 Å². The molecule has 120 valence electrons. The van der Waals surface area contributed by atoms with Gasteiger partial charge < -0.3 is 19.1 Å². The van der Waals surface area contributed by atoms with Gasteiger partial charge in [-0.25, -0.2) is 4.79 Å². The van der Waals surface area contributed by atoms with Crippen molar-refractivity contribution in [2.75, 3.05) is 26.8 Å². The molecule has 1 amide bonds. The highest BCUT2D eigenvalue weighted by molar-refractivity contribution is 5.72. The summed E-state index contributed by atoms with van der Waals surface area (Å²) in [5, 5.41) is 0. The fourth-order valence-electron chi connectivity index (χ4n) is 2.36. The third kappa shape index (κ3) is 3.72. The molecule has 22 heavy (non-hydrogen) atoms. The Labute approximate surface area is 131 Å². The third-order valence-corrected chi connectivity index (χ3v) is 3.61. The fourth-order valence-corrected chi connectivity index (χ4v) is 2.36. The highest BCUT2D eigenvalue weighted by Gasteiger charge is 2.22. The monoisotopic (exact) mass is 305 g/mol. The van der Waals surface area contributed by atoms with Crippen molar-refractivity contribution in [2.45, 2.75) is 26.7 Å². The second kappa shape index (κ2) is 7.73. The van der Waals surface area contributed by atoms with Crippen LogP contribution in [0.25, 0.3) is 5.76 Å². The van der Waals surface area contributed by atoms with Crippen molar-refractivity contribution >= 4 is 11.9 Å². The summed E-state index contributed by atoms with van der Waals surface area (Å²) in [5.41, 5.74) is 0.862. The number of ether oxygens (including phenoxy) is 3. The number of methoxy groups -OCH3 is 1. The van der Waals surface area contributed by atoms with Gasteiger partial charge in [0.2, 0.25) is 0 Å². The van der Waals surface area contributed by atoms with E-state index in [0.29, 0.717) is 37.6 Å². The fraction of sp³-hybridized carbons (Fsp3) is 0.471. The Morgan fingerprint density at radius 3 is 2.77 bits per heavy atom. The largest absolute Gasteiger partial charge is 0.497 e. The van der Waals surface area contributed by atoms with Crippen molar-refractivity contribution in [1.82, 2.24) is 4.90 Å². The Bertz CT molecular complexity index is 549. The Morgan fingerprint density at radius 1 is 1.32 bits per heavy atom. The van der Waals surface area contributed by atoms with Crippen LogP contribution in [-0.4, -0.2) is 37.8 Å². The minimum atomic E-state index is -0.328. The standard InChI is InChI=1S/C17H23NO4/c1-4-18(5-2)17(19)22-15-10-7-11-21-16(15)13-8-6-9-14(12-13)20-3/h6,8-9,12H,4-5,7,10-11H2,1-3H3. The van der Waals surface area contributed by atoms with Crippen molar-refractivity contribution in [3.8, 4) is 5.75 Å². The number of rotatable bonds is 5. The number of hydrogen-bond acceptors (Lipinski definition) is 4. The van der Waals surface area contributed by atoms with Crippen molar-refractivity contribution < 1.29 is 19.0 Å². The lowest BCUT2D eigenvalue weighted by molar-refractivity contribution is 0.119. The van der Waals surface area contributed by atoms with E-state index in [-0.39, 0.29) is 6.09 Å². The molecule has 0 N–H and O–H groups in total. The van der Waals surface area contributed by atoms with Crippen LogP contribution in [0.4, 0.5) is 4.79 Å². The molecule has 2 rings (SSSR count). The molecule has 5 heteroatoms. The van der Waals surface area contributed by atoms with E-state index in [1.165, 1.54) is 0 Å². The van der Waals surface area contributed by atoms with Gasteiger partial charge in [0.1, 0.15) is 5.75 Å². The van der Waals surface area contributed by atoms with Crippen LogP contribution < -0.4 is 4.74 Å². The number of carbonyl (C=O) groups is 1. The summed E-state index contributed by atoms with van der Waals surface area (Å²) in [7, 11) is 1.62.